The van der Waals surface area contributed by atoms with E-state index in [1.807, 2.05) is 31.3 Å². The van der Waals surface area contributed by atoms with E-state index >= 15 is 0 Å². The van der Waals surface area contributed by atoms with E-state index < -0.39 is 0 Å². The Balaban J connectivity index is 2.44. The summed E-state index contributed by atoms with van der Waals surface area (Å²) >= 11 is 3.40. The van der Waals surface area contributed by atoms with Gasteiger partial charge in [-0.05, 0) is 36.1 Å². The van der Waals surface area contributed by atoms with E-state index in [4.69, 9.17) is 5.73 Å². The summed E-state index contributed by atoms with van der Waals surface area (Å²) in [7, 11) is 1.85. The van der Waals surface area contributed by atoms with Crippen LogP contribution in [0.4, 0.5) is 0 Å². The minimum Gasteiger partial charge on any atom is -0.345 e. The van der Waals surface area contributed by atoms with Crippen LogP contribution < -0.4 is 5.73 Å². The summed E-state index contributed by atoms with van der Waals surface area (Å²) in [6.07, 6.45) is 1.32. The van der Waals surface area contributed by atoms with E-state index in [0.29, 0.717) is 19.5 Å². The first-order valence-corrected chi connectivity index (χ1v) is 7.32. The van der Waals surface area contributed by atoms with Crippen molar-refractivity contribution in [3.8, 4) is 0 Å². The number of hydrogen-bond donors (Lipinski definition) is 1. The molecule has 1 aromatic rings. The first kappa shape index (κ1) is 16.2. The highest BCUT2D eigenvalue weighted by Gasteiger charge is 2.20. The summed E-state index contributed by atoms with van der Waals surface area (Å²) in [6, 6.07) is 8.09. The van der Waals surface area contributed by atoms with Crippen molar-refractivity contribution in [1.29, 1.82) is 0 Å². The van der Waals surface area contributed by atoms with Gasteiger partial charge in [0.25, 0.3) is 0 Å². The Kier molecular flexibility index (Phi) is 6.01. The van der Waals surface area contributed by atoms with Gasteiger partial charge < -0.3 is 10.6 Å². The van der Waals surface area contributed by atoms with Gasteiger partial charge in [-0.1, -0.05) is 41.9 Å². The minimum absolute atomic E-state index is 0.0258. The van der Waals surface area contributed by atoms with Crippen LogP contribution >= 0.6 is 15.9 Å². The molecule has 0 heterocycles. The van der Waals surface area contributed by atoms with E-state index in [1.165, 1.54) is 5.56 Å². The molecular weight excluding hydrogens is 304 g/mol. The van der Waals surface area contributed by atoms with Gasteiger partial charge in [0.2, 0.25) is 5.91 Å². The van der Waals surface area contributed by atoms with Gasteiger partial charge in [0.1, 0.15) is 0 Å². The molecule has 19 heavy (non-hydrogen) atoms. The van der Waals surface area contributed by atoms with Crippen molar-refractivity contribution < 1.29 is 4.79 Å². The van der Waals surface area contributed by atoms with E-state index in [0.717, 1.165) is 10.9 Å². The second-order valence-corrected chi connectivity index (χ2v) is 6.66. The number of hydrogen-bond acceptors (Lipinski definition) is 2. The van der Waals surface area contributed by atoms with Crippen molar-refractivity contribution in [3.05, 3.63) is 34.3 Å². The highest BCUT2D eigenvalue weighted by atomic mass is 79.9. The zero-order valence-electron chi connectivity index (χ0n) is 11.9. The number of rotatable bonds is 6. The van der Waals surface area contributed by atoms with Crippen molar-refractivity contribution in [2.24, 2.45) is 11.1 Å². The molecule has 0 saturated carbocycles. The summed E-state index contributed by atoms with van der Waals surface area (Å²) < 4.78 is 1.06. The van der Waals surface area contributed by atoms with E-state index in [1.54, 1.807) is 4.90 Å². The van der Waals surface area contributed by atoms with Gasteiger partial charge in [0.15, 0.2) is 0 Å². The molecule has 0 bridgehead atoms. The van der Waals surface area contributed by atoms with Crippen LogP contribution in [0.2, 0.25) is 0 Å². The molecule has 0 aliphatic rings. The Hall–Kier alpha value is -0.870. The van der Waals surface area contributed by atoms with Crippen LogP contribution in [0.5, 0.6) is 0 Å². The Bertz CT molecular complexity index is 415. The number of nitrogens with two attached hydrogens (primary N) is 1. The first-order chi connectivity index (χ1) is 8.84. The van der Waals surface area contributed by atoms with Crippen LogP contribution in [-0.2, 0) is 11.2 Å². The third-order valence-corrected chi connectivity index (χ3v) is 3.71. The lowest BCUT2D eigenvalue weighted by molar-refractivity contribution is -0.131. The molecule has 0 unspecified atom stereocenters. The molecule has 0 spiro atoms. The number of nitrogens with zero attached hydrogens (tertiary/aromatic N) is 1. The maximum atomic E-state index is 12.1. The quantitative estimate of drug-likeness (QED) is 0.873. The van der Waals surface area contributed by atoms with E-state index in [9.17, 15) is 4.79 Å². The van der Waals surface area contributed by atoms with Crippen LogP contribution in [-0.4, -0.2) is 30.9 Å². The van der Waals surface area contributed by atoms with Gasteiger partial charge in [-0.3, -0.25) is 4.79 Å². The molecule has 4 heteroatoms. The smallest absolute Gasteiger partial charge is 0.222 e. The van der Waals surface area contributed by atoms with Crippen LogP contribution in [0.15, 0.2) is 28.7 Å². The predicted octanol–water partition coefficient (Wildman–Crippen LogP) is 2.83. The fourth-order valence-corrected chi connectivity index (χ4v) is 2.15. The summed E-state index contributed by atoms with van der Waals surface area (Å²) in [4.78, 5) is 13.8. The van der Waals surface area contributed by atoms with Crippen molar-refractivity contribution in [3.63, 3.8) is 0 Å². The Morgan fingerprint density at radius 3 is 2.42 bits per heavy atom. The van der Waals surface area contributed by atoms with Crippen molar-refractivity contribution >= 4 is 21.8 Å². The molecule has 3 nitrogen and oxygen atoms in total. The maximum absolute atomic E-state index is 12.1. The molecule has 1 aromatic carbocycles. The average molecular weight is 327 g/mol. The molecule has 0 fully saturated rings. The zero-order valence-corrected chi connectivity index (χ0v) is 13.5. The minimum atomic E-state index is -0.0258. The van der Waals surface area contributed by atoms with Crippen molar-refractivity contribution in [2.75, 3.05) is 20.1 Å². The number of benzene rings is 1. The second kappa shape index (κ2) is 7.06. The molecule has 1 amide bonds. The standard InChI is InChI=1S/C15H23BrN2O/c1-15(2,10-17)11-18(3)14(19)9-6-12-4-7-13(16)8-5-12/h4-5,7-8H,6,9-11,17H2,1-3H3. The van der Waals surface area contributed by atoms with Gasteiger partial charge in [0.05, 0.1) is 0 Å². The Morgan fingerprint density at radius 1 is 1.32 bits per heavy atom. The first-order valence-electron chi connectivity index (χ1n) is 6.52. The molecule has 0 saturated heterocycles. The summed E-state index contributed by atoms with van der Waals surface area (Å²) in [6.45, 7) is 5.43. The van der Waals surface area contributed by atoms with Gasteiger partial charge in [-0.15, -0.1) is 0 Å². The SMILES string of the molecule is CN(CC(C)(C)CN)C(=O)CCc1ccc(Br)cc1. The lowest BCUT2D eigenvalue weighted by Gasteiger charge is -2.29. The molecule has 0 atom stereocenters. The molecular formula is C15H23BrN2O. The molecule has 0 radical (unpaired) electrons. The van der Waals surface area contributed by atoms with E-state index in [-0.39, 0.29) is 11.3 Å². The zero-order chi connectivity index (χ0) is 14.5. The third kappa shape index (κ3) is 5.74. The van der Waals surface area contributed by atoms with Crippen LogP contribution in [0.25, 0.3) is 0 Å². The third-order valence-electron chi connectivity index (χ3n) is 3.18. The van der Waals surface area contributed by atoms with Gasteiger partial charge in [0, 0.05) is 24.5 Å². The fourth-order valence-electron chi connectivity index (χ4n) is 1.89. The monoisotopic (exact) mass is 326 g/mol. The number of carbonyl (C=O) groups excluding carboxylic acids is 1. The summed E-state index contributed by atoms with van der Waals surface area (Å²) in [5.41, 5.74) is 6.85. The molecule has 0 aliphatic carbocycles. The highest BCUT2D eigenvalue weighted by Crippen LogP contribution is 2.15. The fraction of sp³-hybridized carbons (Fsp3) is 0.533. The molecule has 0 aromatic heterocycles. The number of amides is 1. The molecule has 2 N–H and O–H groups in total. The largest absolute Gasteiger partial charge is 0.345 e. The Morgan fingerprint density at radius 2 is 1.89 bits per heavy atom. The van der Waals surface area contributed by atoms with Crippen molar-refractivity contribution in [1.82, 2.24) is 4.90 Å². The Labute approximate surface area is 124 Å². The topological polar surface area (TPSA) is 46.3 Å². The highest BCUT2D eigenvalue weighted by molar-refractivity contribution is 9.10. The number of halogens is 1. The van der Waals surface area contributed by atoms with Gasteiger partial charge in [-0.2, -0.15) is 0 Å². The van der Waals surface area contributed by atoms with Gasteiger partial charge >= 0.3 is 0 Å². The second-order valence-electron chi connectivity index (χ2n) is 5.74. The van der Waals surface area contributed by atoms with Crippen LogP contribution in [0.1, 0.15) is 25.8 Å². The summed E-state index contributed by atoms with van der Waals surface area (Å²) in [5, 5.41) is 0. The molecule has 1 rings (SSSR count). The summed E-state index contributed by atoms with van der Waals surface area (Å²) in [5.74, 6) is 0.171. The number of aryl methyl sites for hydroxylation is 1. The van der Waals surface area contributed by atoms with Gasteiger partial charge in [-0.25, -0.2) is 0 Å². The maximum Gasteiger partial charge on any atom is 0.222 e. The predicted molar refractivity (Wildman–Crippen MR) is 82.9 cm³/mol. The van der Waals surface area contributed by atoms with Crippen LogP contribution in [0, 0.1) is 5.41 Å². The molecule has 106 valence electrons. The lowest BCUT2D eigenvalue weighted by Crippen LogP contribution is -2.39. The lowest BCUT2D eigenvalue weighted by atomic mass is 9.93. The van der Waals surface area contributed by atoms with Crippen LogP contribution in [0.3, 0.4) is 0 Å². The molecule has 0 aliphatic heterocycles. The average Bonchev–Trinajstić information content (AvgIpc) is 2.37. The normalized spacial score (nSPS) is 11.4. The number of carbonyl (C=O) groups is 1. The van der Waals surface area contributed by atoms with E-state index in [2.05, 4.69) is 29.8 Å². The van der Waals surface area contributed by atoms with Crippen molar-refractivity contribution in [2.45, 2.75) is 26.7 Å².